The molecule has 1 aromatic heterocycles. The number of nitrogens with one attached hydrogen (secondary N) is 3. The van der Waals surface area contributed by atoms with Crippen LogP contribution in [0.2, 0.25) is 0 Å². The van der Waals surface area contributed by atoms with E-state index in [2.05, 4.69) is 26.0 Å². The molecule has 0 fully saturated rings. The molecule has 1 heterocycles. The Balaban J connectivity index is 2.54. The molecule has 1 unspecified atom stereocenters. The molecule has 0 saturated carbocycles. The predicted octanol–water partition coefficient (Wildman–Crippen LogP) is 0.0888. The van der Waals surface area contributed by atoms with E-state index in [1.807, 2.05) is 6.92 Å². The average molecular weight is 238 g/mol. The van der Waals surface area contributed by atoms with Gasteiger partial charge in [-0.3, -0.25) is 9.78 Å². The minimum Gasteiger partial charge on any atom is -0.357 e. The zero-order chi connectivity index (χ0) is 12.7. The lowest BCUT2D eigenvalue weighted by atomic mass is 10.3. The van der Waals surface area contributed by atoms with Crippen LogP contribution in [0.1, 0.15) is 20.3 Å². The second kappa shape index (κ2) is 6.64. The Kier molecular flexibility index (Phi) is 5.15. The summed E-state index contributed by atoms with van der Waals surface area (Å²) in [5, 5.41) is 5.74. The van der Waals surface area contributed by atoms with Gasteiger partial charge in [0.2, 0.25) is 5.91 Å². The maximum atomic E-state index is 11.6. The fourth-order valence-corrected chi connectivity index (χ4v) is 1.19. The minimum atomic E-state index is -0.371. The number of anilines is 2. The van der Waals surface area contributed by atoms with E-state index >= 15 is 0 Å². The third-order valence-corrected chi connectivity index (χ3v) is 2.09. The maximum absolute atomic E-state index is 11.6. The zero-order valence-electron chi connectivity index (χ0n) is 10.0. The summed E-state index contributed by atoms with van der Waals surface area (Å²) in [4.78, 5) is 19.6. The number of carbonyl (C=O) groups is 1. The number of aromatic nitrogens is 2. The third-order valence-electron chi connectivity index (χ3n) is 2.09. The van der Waals surface area contributed by atoms with Gasteiger partial charge in [0.15, 0.2) is 5.82 Å². The van der Waals surface area contributed by atoms with Crippen LogP contribution in [-0.2, 0) is 4.79 Å². The third kappa shape index (κ3) is 4.23. The summed E-state index contributed by atoms with van der Waals surface area (Å²) in [6.07, 6.45) is 3.93. The molecule has 0 aliphatic rings. The Morgan fingerprint density at radius 1 is 1.47 bits per heavy atom. The van der Waals surface area contributed by atoms with Crippen LogP contribution in [-0.4, -0.2) is 28.5 Å². The summed E-state index contributed by atoms with van der Waals surface area (Å²) >= 11 is 0. The molecule has 0 aromatic carbocycles. The van der Waals surface area contributed by atoms with Crippen LogP contribution in [0.4, 0.5) is 11.6 Å². The first-order chi connectivity index (χ1) is 8.17. The van der Waals surface area contributed by atoms with Gasteiger partial charge in [-0.05, 0) is 13.3 Å². The van der Waals surface area contributed by atoms with Gasteiger partial charge in [0.1, 0.15) is 11.9 Å². The van der Waals surface area contributed by atoms with E-state index < -0.39 is 0 Å². The summed E-state index contributed by atoms with van der Waals surface area (Å²) in [5.74, 6) is 6.09. The van der Waals surface area contributed by atoms with Crippen molar-refractivity contribution < 1.29 is 4.79 Å². The second-order valence-corrected chi connectivity index (χ2v) is 3.59. The van der Waals surface area contributed by atoms with Crippen molar-refractivity contribution in [1.82, 2.24) is 15.3 Å². The Morgan fingerprint density at radius 2 is 2.18 bits per heavy atom. The second-order valence-electron chi connectivity index (χ2n) is 3.59. The van der Waals surface area contributed by atoms with E-state index in [4.69, 9.17) is 5.84 Å². The average Bonchev–Trinajstić information content (AvgIpc) is 2.36. The number of nitrogen functional groups attached to an aromatic ring is 1. The van der Waals surface area contributed by atoms with E-state index in [0.29, 0.717) is 18.2 Å². The molecule has 94 valence electrons. The highest BCUT2D eigenvalue weighted by Gasteiger charge is 2.12. The van der Waals surface area contributed by atoms with Crippen molar-refractivity contribution in [2.24, 2.45) is 5.84 Å². The van der Waals surface area contributed by atoms with Crippen LogP contribution < -0.4 is 21.9 Å². The largest absolute Gasteiger partial charge is 0.357 e. The van der Waals surface area contributed by atoms with E-state index in [1.165, 1.54) is 12.4 Å². The zero-order valence-corrected chi connectivity index (χ0v) is 10.0. The van der Waals surface area contributed by atoms with Crippen molar-refractivity contribution >= 4 is 17.5 Å². The summed E-state index contributed by atoms with van der Waals surface area (Å²) in [6, 6.07) is -0.371. The molecule has 0 bridgehead atoms. The Hall–Kier alpha value is -1.89. The van der Waals surface area contributed by atoms with Gasteiger partial charge in [-0.15, -0.1) is 0 Å². The van der Waals surface area contributed by atoms with Crippen LogP contribution >= 0.6 is 0 Å². The molecule has 0 spiro atoms. The van der Waals surface area contributed by atoms with Crippen LogP contribution in [0, 0.1) is 0 Å². The van der Waals surface area contributed by atoms with Gasteiger partial charge in [-0.25, -0.2) is 10.8 Å². The molecular formula is C10H18N6O. The van der Waals surface area contributed by atoms with E-state index in [-0.39, 0.29) is 11.9 Å². The number of amides is 1. The van der Waals surface area contributed by atoms with Gasteiger partial charge in [0, 0.05) is 6.54 Å². The molecule has 1 atom stereocenters. The summed E-state index contributed by atoms with van der Waals surface area (Å²) in [6.45, 7) is 4.43. The lowest BCUT2D eigenvalue weighted by Crippen LogP contribution is -2.38. The molecule has 0 radical (unpaired) electrons. The number of rotatable bonds is 6. The van der Waals surface area contributed by atoms with Crippen molar-refractivity contribution in [2.75, 3.05) is 17.3 Å². The quantitative estimate of drug-likeness (QED) is 0.413. The lowest BCUT2D eigenvalue weighted by molar-refractivity contribution is -0.121. The summed E-state index contributed by atoms with van der Waals surface area (Å²) in [7, 11) is 0. The molecule has 0 aliphatic heterocycles. The highest BCUT2D eigenvalue weighted by Crippen LogP contribution is 2.06. The molecule has 0 aliphatic carbocycles. The van der Waals surface area contributed by atoms with Crippen LogP contribution in [0.5, 0.6) is 0 Å². The van der Waals surface area contributed by atoms with E-state index in [9.17, 15) is 4.79 Å². The lowest BCUT2D eigenvalue weighted by Gasteiger charge is -2.14. The van der Waals surface area contributed by atoms with Gasteiger partial charge < -0.3 is 16.1 Å². The molecule has 1 rings (SSSR count). The van der Waals surface area contributed by atoms with Crippen LogP contribution in [0.25, 0.3) is 0 Å². The number of nitrogens with zero attached hydrogens (tertiary/aromatic N) is 2. The van der Waals surface area contributed by atoms with Crippen molar-refractivity contribution in [3.8, 4) is 0 Å². The molecule has 1 amide bonds. The van der Waals surface area contributed by atoms with Gasteiger partial charge >= 0.3 is 0 Å². The molecule has 7 heteroatoms. The molecular weight excluding hydrogens is 220 g/mol. The summed E-state index contributed by atoms with van der Waals surface area (Å²) < 4.78 is 0. The highest BCUT2D eigenvalue weighted by atomic mass is 16.2. The SMILES string of the molecule is CCCNC(=O)C(C)Nc1cncc(NN)n1. The van der Waals surface area contributed by atoms with Gasteiger partial charge in [-0.1, -0.05) is 6.92 Å². The van der Waals surface area contributed by atoms with E-state index in [0.717, 1.165) is 6.42 Å². The fourth-order valence-electron chi connectivity index (χ4n) is 1.19. The predicted molar refractivity (Wildman–Crippen MR) is 66.2 cm³/mol. The normalized spacial score (nSPS) is 11.7. The monoisotopic (exact) mass is 238 g/mol. The Morgan fingerprint density at radius 3 is 2.82 bits per heavy atom. The summed E-state index contributed by atoms with van der Waals surface area (Å²) in [5.41, 5.74) is 2.39. The molecule has 17 heavy (non-hydrogen) atoms. The number of hydrogen-bond acceptors (Lipinski definition) is 6. The van der Waals surface area contributed by atoms with Gasteiger partial charge in [0.25, 0.3) is 0 Å². The topological polar surface area (TPSA) is 105 Å². The Labute approximate surface area is 100 Å². The van der Waals surface area contributed by atoms with Crippen LogP contribution in [0.15, 0.2) is 12.4 Å². The van der Waals surface area contributed by atoms with Crippen LogP contribution in [0.3, 0.4) is 0 Å². The fraction of sp³-hybridized carbons (Fsp3) is 0.500. The number of nitrogens with two attached hydrogens (primary N) is 1. The first kappa shape index (κ1) is 13.2. The van der Waals surface area contributed by atoms with Gasteiger partial charge in [0.05, 0.1) is 12.4 Å². The standard InChI is InChI=1S/C10H18N6O/c1-3-4-13-10(17)7(2)14-8-5-12-6-9(15-8)16-11/h5-7H,3-4,11H2,1-2H3,(H,13,17)(H2,14,15,16). The van der Waals surface area contributed by atoms with Gasteiger partial charge in [-0.2, -0.15) is 0 Å². The number of carbonyl (C=O) groups excluding carboxylic acids is 1. The van der Waals surface area contributed by atoms with Crippen molar-refractivity contribution in [3.63, 3.8) is 0 Å². The van der Waals surface area contributed by atoms with Crippen molar-refractivity contribution in [1.29, 1.82) is 0 Å². The molecule has 1 aromatic rings. The number of hydrogen-bond donors (Lipinski definition) is 4. The van der Waals surface area contributed by atoms with E-state index in [1.54, 1.807) is 6.92 Å². The molecule has 5 N–H and O–H groups in total. The Bertz CT molecular complexity index is 370. The molecule has 0 saturated heterocycles. The molecule has 7 nitrogen and oxygen atoms in total. The van der Waals surface area contributed by atoms with Crippen molar-refractivity contribution in [3.05, 3.63) is 12.4 Å². The van der Waals surface area contributed by atoms with Crippen molar-refractivity contribution in [2.45, 2.75) is 26.3 Å². The first-order valence-corrected chi connectivity index (χ1v) is 5.50. The highest BCUT2D eigenvalue weighted by molar-refractivity contribution is 5.83. The number of hydrazine groups is 1. The maximum Gasteiger partial charge on any atom is 0.242 e. The smallest absolute Gasteiger partial charge is 0.242 e. The first-order valence-electron chi connectivity index (χ1n) is 5.50. The minimum absolute atomic E-state index is 0.0697.